The molecule has 0 radical (unpaired) electrons. The lowest BCUT2D eigenvalue weighted by molar-refractivity contribution is -0.137. The van der Waals surface area contributed by atoms with E-state index in [0.717, 1.165) is 50.5 Å². The highest BCUT2D eigenvalue weighted by Crippen LogP contribution is 2.29. The van der Waals surface area contributed by atoms with Crippen molar-refractivity contribution in [3.05, 3.63) is 70.8 Å². The first kappa shape index (κ1) is 26.4. The third-order valence-corrected chi connectivity index (χ3v) is 5.27. The Kier molecular flexibility index (Phi) is 10.7. The fourth-order valence-electron chi connectivity index (χ4n) is 3.47. The van der Waals surface area contributed by atoms with Gasteiger partial charge >= 0.3 is 6.18 Å². The second kappa shape index (κ2) is 13.0. The summed E-state index contributed by atoms with van der Waals surface area (Å²) in [7, 11) is 1.70. The van der Waals surface area contributed by atoms with E-state index in [1.54, 1.807) is 7.05 Å². The van der Waals surface area contributed by atoms with Gasteiger partial charge in [0.1, 0.15) is 0 Å². The van der Waals surface area contributed by atoms with Crippen LogP contribution in [0.25, 0.3) is 0 Å². The number of nitrogens with one attached hydrogen (secondary N) is 2. The molecule has 0 saturated carbocycles. The summed E-state index contributed by atoms with van der Waals surface area (Å²) < 4.78 is 43.4. The largest absolute Gasteiger partial charge is 0.416 e. The zero-order valence-electron chi connectivity index (χ0n) is 18.1. The van der Waals surface area contributed by atoms with Gasteiger partial charge in [-0.1, -0.05) is 36.4 Å². The minimum absolute atomic E-state index is 0. The van der Waals surface area contributed by atoms with Crippen LogP contribution in [0.4, 0.5) is 13.2 Å². The quantitative estimate of drug-likeness (QED) is 0.304. The van der Waals surface area contributed by atoms with E-state index in [4.69, 9.17) is 4.74 Å². The molecular formula is C23H30F3IN4O. The van der Waals surface area contributed by atoms with Crippen LogP contribution in [0.1, 0.15) is 22.3 Å². The first-order chi connectivity index (χ1) is 15.0. The topological polar surface area (TPSA) is 48.9 Å². The van der Waals surface area contributed by atoms with Crippen molar-refractivity contribution in [2.75, 3.05) is 39.9 Å². The Bertz CT molecular complexity index is 853. The molecule has 0 unspecified atom stereocenters. The van der Waals surface area contributed by atoms with Crippen LogP contribution < -0.4 is 10.6 Å². The molecular weight excluding hydrogens is 532 g/mol. The lowest BCUT2D eigenvalue weighted by Crippen LogP contribution is -2.38. The number of aliphatic imine (C=N–C) groups is 1. The molecule has 0 aliphatic carbocycles. The van der Waals surface area contributed by atoms with E-state index in [1.165, 1.54) is 23.3 Å². The molecule has 0 bridgehead atoms. The molecule has 2 aromatic rings. The van der Waals surface area contributed by atoms with E-state index in [2.05, 4.69) is 38.7 Å². The van der Waals surface area contributed by atoms with Crippen LogP contribution in [-0.4, -0.2) is 50.8 Å². The standard InChI is InChI=1S/C23H29F3N4O.HI/c1-27-22(28-11-10-18-6-8-21(9-7-18)23(24,25)26)29-16-19-4-2-3-5-20(19)17-30-12-14-31-15-13-30;/h2-9H,10-17H2,1H3,(H2,27,28,29);1H. The number of morpholine rings is 1. The minimum atomic E-state index is -4.30. The molecule has 176 valence electrons. The fraction of sp³-hybridized carbons (Fsp3) is 0.435. The Labute approximate surface area is 204 Å². The Morgan fingerprint density at radius 3 is 2.28 bits per heavy atom. The molecule has 1 aliphatic rings. The molecule has 0 spiro atoms. The van der Waals surface area contributed by atoms with E-state index in [9.17, 15) is 13.2 Å². The Morgan fingerprint density at radius 2 is 1.66 bits per heavy atom. The van der Waals surface area contributed by atoms with Crippen molar-refractivity contribution in [2.24, 2.45) is 4.99 Å². The molecule has 1 aliphatic heterocycles. The lowest BCUT2D eigenvalue weighted by atomic mass is 10.1. The highest BCUT2D eigenvalue weighted by molar-refractivity contribution is 14.0. The highest BCUT2D eigenvalue weighted by Gasteiger charge is 2.29. The maximum Gasteiger partial charge on any atom is 0.416 e. The Morgan fingerprint density at radius 1 is 1.00 bits per heavy atom. The molecule has 1 fully saturated rings. The molecule has 1 heterocycles. The highest BCUT2D eigenvalue weighted by atomic mass is 127. The average molecular weight is 562 g/mol. The molecule has 2 N–H and O–H groups in total. The van der Waals surface area contributed by atoms with Crippen LogP contribution in [0.3, 0.4) is 0 Å². The molecule has 9 heteroatoms. The number of rotatable bonds is 7. The first-order valence-corrected chi connectivity index (χ1v) is 10.4. The molecule has 1 saturated heterocycles. The summed E-state index contributed by atoms with van der Waals surface area (Å²) in [6.07, 6.45) is -3.70. The van der Waals surface area contributed by atoms with E-state index in [1.807, 2.05) is 6.07 Å². The lowest BCUT2D eigenvalue weighted by Gasteiger charge is -2.27. The van der Waals surface area contributed by atoms with Crippen LogP contribution in [0.15, 0.2) is 53.5 Å². The normalized spacial score (nSPS) is 15.2. The van der Waals surface area contributed by atoms with Crippen LogP contribution in [0.5, 0.6) is 0 Å². The second-order valence-electron chi connectivity index (χ2n) is 7.45. The third-order valence-electron chi connectivity index (χ3n) is 5.27. The van der Waals surface area contributed by atoms with Crippen molar-refractivity contribution in [3.8, 4) is 0 Å². The van der Waals surface area contributed by atoms with Crippen molar-refractivity contribution < 1.29 is 17.9 Å². The van der Waals surface area contributed by atoms with Gasteiger partial charge in [-0.2, -0.15) is 13.2 Å². The minimum Gasteiger partial charge on any atom is -0.379 e. The molecule has 5 nitrogen and oxygen atoms in total. The van der Waals surface area contributed by atoms with Gasteiger partial charge < -0.3 is 15.4 Å². The summed E-state index contributed by atoms with van der Waals surface area (Å²) in [6.45, 7) is 5.53. The zero-order chi connectivity index (χ0) is 22.1. The van der Waals surface area contributed by atoms with Gasteiger partial charge in [-0.3, -0.25) is 9.89 Å². The van der Waals surface area contributed by atoms with Crippen molar-refractivity contribution >= 4 is 29.9 Å². The summed E-state index contributed by atoms with van der Waals surface area (Å²) in [6, 6.07) is 13.6. The molecule has 32 heavy (non-hydrogen) atoms. The predicted molar refractivity (Wildman–Crippen MR) is 131 cm³/mol. The number of hydrogen-bond donors (Lipinski definition) is 2. The van der Waals surface area contributed by atoms with Crippen molar-refractivity contribution in [2.45, 2.75) is 25.7 Å². The number of benzene rings is 2. The summed E-state index contributed by atoms with van der Waals surface area (Å²) >= 11 is 0. The van der Waals surface area contributed by atoms with Crippen molar-refractivity contribution in [1.29, 1.82) is 0 Å². The maximum absolute atomic E-state index is 12.7. The molecule has 3 rings (SSSR count). The van der Waals surface area contributed by atoms with Crippen LogP contribution >= 0.6 is 24.0 Å². The van der Waals surface area contributed by atoms with E-state index >= 15 is 0 Å². The van der Waals surface area contributed by atoms with Crippen LogP contribution in [-0.2, 0) is 30.4 Å². The summed E-state index contributed by atoms with van der Waals surface area (Å²) in [4.78, 5) is 6.63. The Balaban J connectivity index is 0.00000363. The van der Waals surface area contributed by atoms with E-state index in [-0.39, 0.29) is 24.0 Å². The number of nitrogens with zero attached hydrogens (tertiary/aromatic N) is 2. The number of alkyl halides is 3. The fourth-order valence-corrected chi connectivity index (χ4v) is 3.47. The van der Waals surface area contributed by atoms with Gasteiger partial charge in [0.2, 0.25) is 0 Å². The maximum atomic E-state index is 12.7. The van der Waals surface area contributed by atoms with Crippen LogP contribution in [0.2, 0.25) is 0 Å². The van der Waals surface area contributed by atoms with Gasteiger partial charge in [-0.15, -0.1) is 24.0 Å². The second-order valence-corrected chi connectivity index (χ2v) is 7.45. The van der Waals surface area contributed by atoms with Gasteiger partial charge in [0.15, 0.2) is 5.96 Å². The van der Waals surface area contributed by atoms with Gasteiger partial charge in [0.05, 0.1) is 18.8 Å². The van der Waals surface area contributed by atoms with Crippen molar-refractivity contribution in [1.82, 2.24) is 15.5 Å². The van der Waals surface area contributed by atoms with Crippen LogP contribution in [0, 0.1) is 0 Å². The molecule has 0 amide bonds. The summed E-state index contributed by atoms with van der Waals surface area (Å²) in [5.74, 6) is 0.660. The average Bonchev–Trinajstić information content (AvgIpc) is 2.77. The monoisotopic (exact) mass is 562 g/mol. The number of hydrogen-bond acceptors (Lipinski definition) is 3. The molecule has 0 atom stereocenters. The number of guanidine groups is 1. The number of halogens is 4. The molecule has 0 aromatic heterocycles. The van der Waals surface area contributed by atoms with E-state index < -0.39 is 11.7 Å². The van der Waals surface area contributed by atoms with Crippen molar-refractivity contribution in [3.63, 3.8) is 0 Å². The first-order valence-electron chi connectivity index (χ1n) is 10.4. The van der Waals surface area contributed by atoms with Gasteiger partial charge in [0.25, 0.3) is 0 Å². The number of ether oxygens (including phenoxy) is 1. The SMILES string of the molecule is CN=C(NCCc1ccc(C(F)(F)F)cc1)NCc1ccccc1CN1CCOCC1.I. The predicted octanol–water partition coefficient (Wildman–Crippen LogP) is 4.06. The summed E-state index contributed by atoms with van der Waals surface area (Å²) in [5, 5.41) is 6.55. The van der Waals surface area contributed by atoms with Gasteiger partial charge in [-0.25, -0.2) is 0 Å². The smallest absolute Gasteiger partial charge is 0.379 e. The van der Waals surface area contributed by atoms with Gasteiger partial charge in [0, 0.05) is 39.8 Å². The zero-order valence-corrected chi connectivity index (χ0v) is 20.5. The Hall–Kier alpha value is -1.85. The van der Waals surface area contributed by atoms with Gasteiger partial charge in [-0.05, 0) is 35.2 Å². The third kappa shape index (κ3) is 8.25. The summed E-state index contributed by atoms with van der Waals surface area (Å²) in [5.41, 5.74) is 2.70. The molecule has 2 aromatic carbocycles. The van der Waals surface area contributed by atoms with E-state index in [0.29, 0.717) is 25.5 Å².